The molecule has 0 bridgehead atoms. The monoisotopic (exact) mass is 437 g/mol. The molecule has 2 aromatic carbocycles. The summed E-state index contributed by atoms with van der Waals surface area (Å²) in [6, 6.07) is 7.69. The molecule has 0 radical (unpaired) electrons. The average Bonchev–Trinajstić information content (AvgIpc) is 2.65. The SMILES string of the molecule is N#Cc1cc(C(N)=O)ccc1-n1c(=O)cc(C(F)(F)F)c2cc(S(=O)(=O)O)ccc21. The zero-order chi connectivity index (χ0) is 22.4. The smallest absolute Gasteiger partial charge is 0.366 e. The van der Waals surface area contributed by atoms with Crippen molar-refractivity contribution in [1.29, 1.82) is 5.26 Å². The minimum atomic E-state index is -5.01. The number of nitrogens with two attached hydrogens (primary N) is 1. The van der Waals surface area contributed by atoms with Crippen LogP contribution in [0.3, 0.4) is 0 Å². The Morgan fingerprint density at radius 3 is 2.33 bits per heavy atom. The number of nitriles is 1. The molecule has 0 atom stereocenters. The predicted molar refractivity (Wildman–Crippen MR) is 97.6 cm³/mol. The number of alkyl halides is 3. The Hall–Kier alpha value is -3.69. The molecular formula is C18H10F3N3O5S. The second-order valence-electron chi connectivity index (χ2n) is 6.09. The van der Waals surface area contributed by atoms with Crippen LogP contribution in [0.4, 0.5) is 13.2 Å². The Bertz CT molecular complexity index is 1420. The Morgan fingerprint density at radius 1 is 1.13 bits per heavy atom. The van der Waals surface area contributed by atoms with Gasteiger partial charge in [0.2, 0.25) is 5.91 Å². The number of carbonyl (C=O) groups is 1. The van der Waals surface area contributed by atoms with E-state index in [0.29, 0.717) is 6.07 Å². The molecule has 0 spiro atoms. The highest BCUT2D eigenvalue weighted by atomic mass is 32.2. The molecule has 0 aliphatic carbocycles. The fourth-order valence-corrected chi connectivity index (χ4v) is 3.43. The number of benzene rings is 2. The Morgan fingerprint density at radius 2 is 1.80 bits per heavy atom. The fraction of sp³-hybridized carbons (Fsp3) is 0.0556. The van der Waals surface area contributed by atoms with E-state index in [1.807, 2.05) is 0 Å². The second kappa shape index (κ2) is 6.97. The number of carbonyl (C=O) groups excluding carboxylic acids is 1. The van der Waals surface area contributed by atoms with Gasteiger partial charge in [0, 0.05) is 17.0 Å². The van der Waals surface area contributed by atoms with Crippen molar-refractivity contribution < 1.29 is 30.9 Å². The van der Waals surface area contributed by atoms with Gasteiger partial charge in [-0.25, -0.2) is 0 Å². The van der Waals surface area contributed by atoms with Crippen molar-refractivity contribution in [3.8, 4) is 11.8 Å². The van der Waals surface area contributed by atoms with Gasteiger partial charge in [0.25, 0.3) is 15.7 Å². The number of rotatable bonds is 3. The van der Waals surface area contributed by atoms with Gasteiger partial charge in [-0.1, -0.05) is 0 Å². The highest BCUT2D eigenvalue weighted by Gasteiger charge is 2.34. The third kappa shape index (κ3) is 3.63. The van der Waals surface area contributed by atoms with Crippen molar-refractivity contribution in [1.82, 2.24) is 4.57 Å². The largest absolute Gasteiger partial charge is 0.417 e. The summed E-state index contributed by atoms with van der Waals surface area (Å²) >= 11 is 0. The number of pyridine rings is 1. The van der Waals surface area contributed by atoms with Gasteiger partial charge in [-0.2, -0.15) is 26.9 Å². The maximum atomic E-state index is 13.5. The van der Waals surface area contributed by atoms with E-state index >= 15 is 0 Å². The third-order valence-electron chi connectivity index (χ3n) is 4.23. The number of hydrogen-bond donors (Lipinski definition) is 2. The van der Waals surface area contributed by atoms with E-state index in [1.165, 1.54) is 6.07 Å². The average molecular weight is 437 g/mol. The van der Waals surface area contributed by atoms with E-state index in [0.717, 1.165) is 28.8 Å². The highest BCUT2D eigenvalue weighted by Crippen LogP contribution is 2.35. The molecule has 0 aliphatic rings. The molecular weight excluding hydrogens is 427 g/mol. The zero-order valence-electron chi connectivity index (χ0n) is 14.6. The molecule has 0 aliphatic heterocycles. The molecule has 154 valence electrons. The number of nitrogens with zero attached hydrogens (tertiary/aromatic N) is 2. The maximum Gasteiger partial charge on any atom is 0.417 e. The Balaban J connectivity index is 2.49. The summed E-state index contributed by atoms with van der Waals surface area (Å²) in [4.78, 5) is 23.1. The van der Waals surface area contributed by atoms with Gasteiger partial charge in [-0.05, 0) is 36.4 Å². The van der Waals surface area contributed by atoms with Crippen molar-refractivity contribution >= 4 is 26.9 Å². The Kier molecular flexibility index (Phi) is 4.89. The van der Waals surface area contributed by atoms with Crippen LogP contribution < -0.4 is 11.3 Å². The first-order valence-electron chi connectivity index (χ1n) is 7.93. The van der Waals surface area contributed by atoms with E-state index in [4.69, 9.17) is 5.73 Å². The van der Waals surface area contributed by atoms with E-state index < -0.39 is 43.6 Å². The van der Waals surface area contributed by atoms with Crippen molar-refractivity contribution in [2.24, 2.45) is 5.73 Å². The molecule has 1 aromatic heterocycles. The molecule has 0 saturated carbocycles. The predicted octanol–water partition coefficient (Wildman–Crippen LogP) is 2.23. The lowest BCUT2D eigenvalue weighted by molar-refractivity contribution is -0.136. The van der Waals surface area contributed by atoms with E-state index in [-0.39, 0.29) is 28.4 Å². The van der Waals surface area contributed by atoms with Crippen LogP contribution >= 0.6 is 0 Å². The van der Waals surface area contributed by atoms with Gasteiger partial charge in [0.15, 0.2) is 0 Å². The molecule has 1 heterocycles. The van der Waals surface area contributed by atoms with Crippen LogP contribution in [0.15, 0.2) is 52.2 Å². The van der Waals surface area contributed by atoms with E-state index in [1.54, 1.807) is 6.07 Å². The first-order chi connectivity index (χ1) is 13.8. The molecule has 0 fully saturated rings. The normalized spacial score (nSPS) is 12.0. The van der Waals surface area contributed by atoms with Gasteiger partial charge < -0.3 is 5.73 Å². The summed E-state index contributed by atoms with van der Waals surface area (Å²) in [5.41, 5.74) is 1.77. The molecule has 30 heavy (non-hydrogen) atoms. The van der Waals surface area contributed by atoms with Crippen molar-refractivity contribution in [2.75, 3.05) is 0 Å². The lowest BCUT2D eigenvalue weighted by Crippen LogP contribution is -2.23. The summed E-state index contributed by atoms with van der Waals surface area (Å²) in [5.74, 6) is -0.861. The molecule has 1 amide bonds. The number of halogens is 3. The molecule has 0 saturated heterocycles. The van der Waals surface area contributed by atoms with Crippen LogP contribution in [0.1, 0.15) is 21.5 Å². The van der Waals surface area contributed by atoms with Crippen LogP contribution in [0.5, 0.6) is 0 Å². The number of aromatic nitrogens is 1. The summed E-state index contributed by atoms with van der Waals surface area (Å²) in [6.07, 6.45) is -5.01. The van der Waals surface area contributed by atoms with Gasteiger partial charge in [0.1, 0.15) is 6.07 Å². The number of amides is 1. The molecule has 0 unspecified atom stereocenters. The minimum absolute atomic E-state index is 0.0618. The van der Waals surface area contributed by atoms with Crippen molar-refractivity contribution in [3.63, 3.8) is 0 Å². The summed E-state index contributed by atoms with van der Waals surface area (Å²) in [6.45, 7) is 0. The highest BCUT2D eigenvalue weighted by molar-refractivity contribution is 7.85. The molecule has 12 heteroatoms. The van der Waals surface area contributed by atoms with Gasteiger partial charge in [-0.15, -0.1) is 0 Å². The number of hydrogen-bond acceptors (Lipinski definition) is 5. The van der Waals surface area contributed by atoms with Crippen LogP contribution in [0.25, 0.3) is 16.6 Å². The molecule has 3 aromatic rings. The lowest BCUT2D eigenvalue weighted by atomic mass is 10.1. The van der Waals surface area contributed by atoms with Gasteiger partial charge >= 0.3 is 6.18 Å². The molecule has 3 N–H and O–H groups in total. The summed E-state index contributed by atoms with van der Waals surface area (Å²) < 4.78 is 73.2. The fourth-order valence-electron chi connectivity index (χ4n) is 2.93. The number of fused-ring (bicyclic) bond motifs is 1. The first kappa shape index (κ1) is 21.0. The maximum absolute atomic E-state index is 13.5. The topological polar surface area (TPSA) is 143 Å². The second-order valence-corrected chi connectivity index (χ2v) is 7.51. The quantitative estimate of drug-likeness (QED) is 0.602. The third-order valence-corrected chi connectivity index (χ3v) is 5.08. The number of primary amides is 1. The van der Waals surface area contributed by atoms with E-state index in [2.05, 4.69) is 0 Å². The van der Waals surface area contributed by atoms with Crippen molar-refractivity contribution in [2.45, 2.75) is 11.1 Å². The van der Waals surface area contributed by atoms with Gasteiger partial charge in [0.05, 0.1) is 27.2 Å². The zero-order valence-corrected chi connectivity index (χ0v) is 15.5. The van der Waals surface area contributed by atoms with Crippen LogP contribution in [0.2, 0.25) is 0 Å². The van der Waals surface area contributed by atoms with Crippen LogP contribution in [-0.4, -0.2) is 23.4 Å². The molecule has 8 nitrogen and oxygen atoms in total. The minimum Gasteiger partial charge on any atom is -0.366 e. The standard InChI is InChI=1S/C18H10F3N3O5S/c19-18(20,21)13-7-16(25)24(14-3-1-9(17(23)26)5-10(14)8-22)15-4-2-11(6-12(13)15)30(27,28)29/h1-7H,(H2,23,26)(H,27,28,29). The van der Waals surface area contributed by atoms with Crippen LogP contribution in [-0.2, 0) is 16.3 Å². The van der Waals surface area contributed by atoms with Crippen LogP contribution in [0, 0.1) is 11.3 Å². The van der Waals surface area contributed by atoms with Gasteiger partial charge in [-0.3, -0.25) is 18.7 Å². The van der Waals surface area contributed by atoms with E-state index in [9.17, 15) is 41.0 Å². The summed E-state index contributed by atoms with van der Waals surface area (Å²) in [5, 5.41) is 8.68. The van der Waals surface area contributed by atoms with Crippen molar-refractivity contribution in [3.05, 3.63) is 69.5 Å². The summed E-state index contributed by atoms with van der Waals surface area (Å²) in [7, 11) is -4.83. The first-order valence-corrected chi connectivity index (χ1v) is 9.37. The lowest BCUT2D eigenvalue weighted by Gasteiger charge is -2.17. The molecule has 3 rings (SSSR count). The Labute approximate surface area is 166 Å².